The quantitative estimate of drug-likeness (QED) is 0.237. The monoisotopic (exact) mass is 596 g/mol. The van der Waals surface area contributed by atoms with Gasteiger partial charge in [0.1, 0.15) is 17.5 Å². The van der Waals surface area contributed by atoms with Crippen molar-refractivity contribution in [2.45, 2.75) is 42.2 Å². The fourth-order valence-corrected chi connectivity index (χ4v) is 6.23. The fourth-order valence-electron chi connectivity index (χ4n) is 5.03. The van der Waals surface area contributed by atoms with Crippen molar-refractivity contribution in [3.8, 4) is 11.5 Å². The highest BCUT2D eigenvalue weighted by molar-refractivity contribution is 7.85. The summed E-state index contributed by atoms with van der Waals surface area (Å²) in [5, 5.41) is 7.24. The van der Waals surface area contributed by atoms with Crippen molar-refractivity contribution in [2.75, 3.05) is 25.0 Å². The molecular weight excluding hydrogens is 564 g/mol. The highest BCUT2D eigenvalue weighted by atomic mass is 32.2. The van der Waals surface area contributed by atoms with Gasteiger partial charge in [-0.1, -0.05) is 18.2 Å². The highest BCUT2D eigenvalue weighted by Crippen LogP contribution is 2.25. The first-order chi connectivity index (χ1) is 21.1. The largest absolute Gasteiger partial charge is 0.489 e. The third-order valence-corrected chi connectivity index (χ3v) is 8.62. The number of nitrogens with one attached hydrogen (secondary N) is 2. The number of rotatable bonds is 10. The Morgan fingerprint density at radius 3 is 2.67 bits per heavy atom. The molecule has 2 unspecified atom stereocenters. The van der Waals surface area contributed by atoms with E-state index in [-0.39, 0.29) is 24.0 Å². The predicted molar refractivity (Wildman–Crippen MR) is 166 cm³/mol. The Bertz CT molecular complexity index is 1790. The van der Waals surface area contributed by atoms with Crippen LogP contribution in [-0.2, 0) is 17.3 Å². The second kappa shape index (κ2) is 13.1. The van der Waals surface area contributed by atoms with E-state index in [1.54, 1.807) is 41.4 Å². The Morgan fingerprint density at radius 1 is 1.09 bits per heavy atom. The number of aromatic nitrogens is 4. The number of ether oxygens (including phenoxy) is 2. The van der Waals surface area contributed by atoms with Crippen molar-refractivity contribution in [2.24, 2.45) is 0 Å². The SMILES string of the molecule is CCOc1cc2cnc(Nc3ccc(OC4CCCNC4)cc3)nc2n(Cc2ccccc2S(=O)c2ccncc2)c1=O. The van der Waals surface area contributed by atoms with E-state index in [0.29, 0.717) is 33.4 Å². The normalized spacial score (nSPS) is 15.6. The maximum absolute atomic E-state index is 13.7. The summed E-state index contributed by atoms with van der Waals surface area (Å²) in [4.78, 5) is 28.2. The number of hydrogen-bond acceptors (Lipinski definition) is 9. The molecule has 1 fully saturated rings. The summed E-state index contributed by atoms with van der Waals surface area (Å²) in [5.74, 6) is 1.35. The minimum atomic E-state index is -1.46. The molecule has 4 heterocycles. The highest BCUT2D eigenvalue weighted by Gasteiger charge is 2.18. The zero-order valence-electron chi connectivity index (χ0n) is 23.7. The second-order valence-corrected chi connectivity index (χ2v) is 11.5. The lowest BCUT2D eigenvalue weighted by molar-refractivity contribution is 0.167. The van der Waals surface area contributed by atoms with Gasteiger partial charge in [0.25, 0.3) is 5.56 Å². The topological polar surface area (TPSA) is 120 Å². The van der Waals surface area contributed by atoms with E-state index < -0.39 is 10.8 Å². The Hall–Kier alpha value is -4.61. The molecule has 1 saturated heterocycles. The Kier molecular flexibility index (Phi) is 8.71. The summed E-state index contributed by atoms with van der Waals surface area (Å²) < 4.78 is 26.8. The molecule has 0 saturated carbocycles. The number of fused-ring (bicyclic) bond motifs is 1. The van der Waals surface area contributed by atoms with Crippen molar-refractivity contribution in [1.29, 1.82) is 0 Å². The van der Waals surface area contributed by atoms with Gasteiger partial charge >= 0.3 is 0 Å². The molecule has 43 heavy (non-hydrogen) atoms. The lowest BCUT2D eigenvalue weighted by Gasteiger charge is -2.24. The van der Waals surface area contributed by atoms with Gasteiger partial charge < -0.3 is 20.1 Å². The van der Waals surface area contributed by atoms with Crippen LogP contribution in [0.5, 0.6) is 11.5 Å². The minimum Gasteiger partial charge on any atom is -0.489 e. The first-order valence-electron chi connectivity index (χ1n) is 14.3. The molecule has 2 N–H and O–H groups in total. The number of hydrogen-bond donors (Lipinski definition) is 2. The summed E-state index contributed by atoms with van der Waals surface area (Å²) in [7, 11) is -1.46. The van der Waals surface area contributed by atoms with Gasteiger partial charge in [0, 0.05) is 46.0 Å². The van der Waals surface area contributed by atoms with E-state index in [9.17, 15) is 9.00 Å². The van der Waals surface area contributed by atoms with Crippen LogP contribution in [0.3, 0.4) is 0 Å². The van der Waals surface area contributed by atoms with Crippen molar-refractivity contribution in [3.63, 3.8) is 0 Å². The summed E-state index contributed by atoms with van der Waals surface area (Å²) in [6, 6.07) is 20.1. The average molecular weight is 597 g/mol. The van der Waals surface area contributed by atoms with Crippen molar-refractivity contribution in [3.05, 3.63) is 101 Å². The Morgan fingerprint density at radius 2 is 1.91 bits per heavy atom. The Labute approximate surface area is 251 Å². The zero-order chi connectivity index (χ0) is 29.6. The smallest absolute Gasteiger partial charge is 0.294 e. The molecule has 0 radical (unpaired) electrons. The fraction of sp³-hybridized carbons (Fsp3) is 0.250. The van der Waals surface area contributed by atoms with Gasteiger partial charge in [-0.3, -0.25) is 14.3 Å². The number of pyridine rings is 2. The second-order valence-electron chi connectivity index (χ2n) is 10.1. The molecule has 0 spiro atoms. The molecule has 3 aromatic heterocycles. The van der Waals surface area contributed by atoms with Crippen molar-refractivity contribution >= 4 is 33.5 Å². The van der Waals surface area contributed by atoms with E-state index in [4.69, 9.17) is 14.5 Å². The van der Waals surface area contributed by atoms with Gasteiger partial charge in [0.2, 0.25) is 5.95 Å². The van der Waals surface area contributed by atoms with Gasteiger partial charge in [-0.25, -0.2) is 9.19 Å². The minimum absolute atomic E-state index is 0.141. The molecule has 6 rings (SSSR count). The van der Waals surface area contributed by atoms with Crippen molar-refractivity contribution in [1.82, 2.24) is 24.8 Å². The summed E-state index contributed by atoms with van der Waals surface area (Å²) in [5.41, 5.74) is 1.61. The maximum atomic E-state index is 13.7. The number of anilines is 2. The van der Waals surface area contributed by atoms with Crippen LogP contribution in [0.1, 0.15) is 25.3 Å². The van der Waals surface area contributed by atoms with Gasteiger partial charge in [-0.15, -0.1) is 0 Å². The molecule has 0 bridgehead atoms. The molecular formula is C32H32N6O4S. The zero-order valence-corrected chi connectivity index (χ0v) is 24.5. The lowest BCUT2D eigenvalue weighted by atomic mass is 10.1. The number of nitrogens with zero attached hydrogens (tertiary/aromatic N) is 4. The van der Waals surface area contributed by atoms with Gasteiger partial charge in [0.05, 0.1) is 24.0 Å². The molecule has 0 amide bonds. The Balaban J connectivity index is 1.32. The van der Waals surface area contributed by atoms with Crippen LogP contribution < -0.4 is 25.7 Å². The van der Waals surface area contributed by atoms with Crippen LogP contribution in [0, 0.1) is 0 Å². The third-order valence-electron chi connectivity index (χ3n) is 7.12. The molecule has 5 aromatic rings. The van der Waals surface area contributed by atoms with Crippen LogP contribution in [0.15, 0.2) is 99.9 Å². The van der Waals surface area contributed by atoms with Crippen LogP contribution in [-0.4, -0.2) is 49.5 Å². The average Bonchev–Trinajstić information content (AvgIpc) is 3.05. The van der Waals surface area contributed by atoms with Gasteiger partial charge in [0.15, 0.2) is 5.75 Å². The first kappa shape index (κ1) is 28.5. The molecule has 1 aliphatic rings. The maximum Gasteiger partial charge on any atom is 0.294 e. The van der Waals surface area contributed by atoms with Crippen molar-refractivity contribution < 1.29 is 13.7 Å². The molecule has 220 valence electrons. The number of piperidine rings is 1. The molecule has 1 aliphatic heterocycles. The molecule has 10 nitrogen and oxygen atoms in total. The van der Waals surface area contributed by atoms with E-state index in [0.717, 1.165) is 42.9 Å². The van der Waals surface area contributed by atoms with Crippen LogP contribution >= 0.6 is 0 Å². The standard InChI is InChI=1S/C32H32N6O4S/c1-2-41-28-18-23-19-35-32(36-24-9-11-25(12-10-24)42-26-7-5-15-34-20-26)37-30(23)38(31(28)39)21-22-6-3-4-8-29(22)43(40)27-13-16-33-17-14-27/h3-4,6,8-14,16-19,26,34H,2,5,7,15,20-21H2,1H3,(H,35,36,37). The van der Waals surface area contributed by atoms with Crippen LogP contribution in [0.2, 0.25) is 0 Å². The first-order valence-corrected chi connectivity index (χ1v) is 15.4. The molecule has 0 aliphatic carbocycles. The molecule has 2 atom stereocenters. The van der Waals surface area contributed by atoms with Crippen LogP contribution in [0.25, 0.3) is 11.0 Å². The van der Waals surface area contributed by atoms with E-state index in [1.165, 1.54) is 0 Å². The summed E-state index contributed by atoms with van der Waals surface area (Å²) in [6.45, 7) is 4.18. The van der Waals surface area contributed by atoms with Crippen LogP contribution in [0.4, 0.5) is 11.6 Å². The molecule has 2 aromatic carbocycles. The van der Waals surface area contributed by atoms with E-state index in [1.807, 2.05) is 55.5 Å². The van der Waals surface area contributed by atoms with E-state index in [2.05, 4.69) is 20.6 Å². The number of benzene rings is 2. The van der Waals surface area contributed by atoms with Gasteiger partial charge in [-0.2, -0.15) is 4.98 Å². The van der Waals surface area contributed by atoms with E-state index >= 15 is 0 Å². The third kappa shape index (κ3) is 6.58. The lowest BCUT2D eigenvalue weighted by Crippen LogP contribution is -2.37. The summed E-state index contributed by atoms with van der Waals surface area (Å²) in [6.07, 6.45) is 7.20. The van der Waals surface area contributed by atoms with Gasteiger partial charge in [-0.05, 0) is 80.4 Å². The summed E-state index contributed by atoms with van der Waals surface area (Å²) >= 11 is 0. The molecule has 11 heteroatoms. The predicted octanol–water partition coefficient (Wildman–Crippen LogP) is 4.67.